The molecule has 8 heteroatoms. The Balaban J connectivity index is 0.00000261. The fraction of sp³-hybridized carbons (Fsp3) is 0.368. The first-order chi connectivity index (χ1) is 12.5. The van der Waals surface area contributed by atoms with Gasteiger partial charge >= 0.3 is 0 Å². The summed E-state index contributed by atoms with van der Waals surface area (Å²) in [4.78, 5) is 27.6. The highest BCUT2D eigenvalue weighted by atomic mass is 35.5. The second-order valence-electron chi connectivity index (χ2n) is 6.47. The quantitative estimate of drug-likeness (QED) is 0.806. The molecule has 1 fully saturated rings. The third-order valence-electron chi connectivity index (χ3n) is 4.55. The number of benzene rings is 1. The molecule has 1 aromatic heterocycles. The number of rotatable bonds is 4. The zero-order valence-electron chi connectivity index (χ0n) is 15.3. The highest BCUT2D eigenvalue weighted by Gasteiger charge is 2.26. The summed E-state index contributed by atoms with van der Waals surface area (Å²) in [5, 5.41) is 6.57. The molecule has 2 N–H and O–H groups in total. The highest BCUT2D eigenvalue weighted by Crippen LogP contribution is 2.29. The van der Waals surface area contributed by atoms with Crippen LogP contribution in [0, 0.1) is 12.7 Å². The van der Waals surface area contributed by atoms with E-state index in [1.54, 1.807) is 12.1 Å². The van der Waals surface area contributed by atoms with Crippen molar-refractivity contribution in [3.63, 3.8) is 0 Å². The molecule has 27 heavy (non-hydrogen) atoms. The highest BCUT2D eigenvalue weighted by molar-refractivity contribution is 7.18. The third kappa shape index (κ3) is 5.06. The number of nitrogens with zero attached hydrogens (tertiary/aromatic N) is 1. The number of aryl methyl sites for hydroxylation is 1. The van der Waals surface area contributed by atoms with Crippen LogP contribution in [0.5, 0.6) is 0 Å². The van der Waals surface area contributed by atoms with E-state index in [4.69, 9.17) is 0 Å². The molecule has 2 aromatic rings. The number of carbonyl (C=O) groups is 2. The van der Waals surface area contributed by atoms with E-state index in [9.17, 15) is 14.0 Å². The molecule has 0 aliphatic carbocycles. The molecule has 1 aliphatic rings. The fourth-order valence-corrected chi connectivity index (χ4v) is 4.15. The maximum absolute atomic E-state index is 13.3. The molecule has 0 saturated carbocycles. The number of carbonyl (C=O) groups excluding carboxylic acids is 2. The molecule has 146 valence electrons. The van der Waals surface area contributed by atoms with Crippen molar-refractivity contribution in [2.24, 2.45) is 0 Å². The minimum absolute atomic E-state index is 0. The molecule has 1 atom stereocenters. The molecule has 1 aliphatic heterocycles. The molecular weight excluding hydrogens is 389 g/mol. The van der Waals surface area contributed by atoms with Crippen molar-refractivity contribution in [3.8, 4) is 0 Å². The Kier molecular flexibility index (Phi) is 7.35. The van der Waals surface area contributed by atoms with Crippen molar-refractivity contribution in [1.82, 2.24) is 10.2 Å². The van der Waals surface area contributed by atoms with Crippen molar-refractivity contribution in [3.05, 3.63) is 52.2 Å². The Morgan fingerprint density at radius 3 is 2.78 bits per heavy atom. The van der Waals surface area contributed by atoms with Crippen LogP contribution in [0.15, 0.2) is 30.3 Å². The number of likely N-dealkylation sites (N-methyl/N-ethyl adjacent to an activating group) is 1. The Bertz CT molecular complexity index is 827. The van der Waals surface area contributed by atoms with Gasteiger partial charge in [-0.25, -0.2) is 4.39 Å². The van der Waals surface area contributed by atoms with Crippen LogP contribution < -0.4 is 10.6 Å². The summed E-state index contributed by atoms with van der Waals surface area (Å²) in [5.74, 6) is -0.850. The number of anilines is 1. The van der Waals surface area contributed by atoms with Gasteiger partial charge in [-0.1, -0.05) is 6.07 Å². The minimum atomic E-state index is -0.458. The number of halogens is 2. The summed E-state index contributed by atoms with van der Waals surface area (Å²) in [7, 11) is 1.91. The summed E-state index contributed by atoms with van der Waals surface area (Å²) in [5.41, 5.74) is 1.08. The summed E-state index contributed by atoms with van der Waals surface area (Å²) < 4.78 is 13.3. The lowest BCUT2D eigenvalue weighted by atomic mass is 10.1. The molecule has 5 nitrogen and oxygen atoms in total. The Hall–Kier alpha value is -1.96. The maximum atomic E-state index is 13.3. The lowest BCUT2D eigenvalue weighted by molar-refractivity contribution is 0.0702. The smallest absolute Gasteiger partial charge is 0.264 e. The van der Waals surface area contributed by atoms with Gasteiger partial charge in [0.2, 0.25) is 0 Å². The zero-order chi connectivity index (χ0) is 18.7. The van der Waals surface area contributed by atoms with Crippen LogP contribution in [0.3, 0.4) is 0 Å². The molecule has 1 saturated heterocycles. The number of piperidine rings is 1. The summed E-state index contributed by atoms with van der Waals surface area (Å²) in [6, 6.07) is 7.63. The van der Waals surface area contributed by atoms with Gasteiger partial charge < -0.3 is 15.5 Å². The van der Waals surface area contributed by atoms with Crippen molar-refractivity contribution in [2.45, 2.75) is 25.8 Å². The van der Waals surface area contributed by atoms with Crippen molar-refractivity contribution in [1.29, 1.82) is 0 Å². The number of likely N-dealkylation sites (tertiary alicyclic amines) is 1. The number of nitrogens with one attached hydrogen (secondary N) is 2. The molecule has 0 spiro atoms. The van der Waals surface area contributed by atoms with Gasteiger partial charge in [0.15, 0.2) is 0 Å². The van der Waals surface area contributed by atoms with E-state index in [2.05, 4.69) is 10.6 Å². The minimum Gasteiger partial charge on any atom is -0.336 e. The van der Waals surface area contributed by atoms with E-state index in [0.29, 0.717) is 22.5 Å². The SMILES string of the molecule is CNC1CCCN(C(=O)c2sc(NC(=O)c3cccc(F)c3)cc2C)C1.Cl. The van der Waals surface area contributed by atoms with Gasteiger partial charge in [0.1, 0.15) is 5.82 Å². The third-order valence-corrected chi connectivity index (χ3v) is 5.69. The van der Waals surface area contributed by atoms with Crippen LogP contribution in [0.2, 0.25) is 0 Å². The topological polar surface area (TPSA) is 61.4 Å². The Morgan fingerprint density at radius 2 is 2.07 bits per heavy atom. The van der Waals surface area contributed by atoms with Crippen LogP contribution in [0.4, 0.5) is 9.39 Å². The maximum Gasteiger partial charge on any atom is 0.264 e. The molecule has 0 radical (unpaired) electrons. The average molecular weight is 412 g/mol. The second kappa shape index (κ2) is 9.30. The van der Waals surface area contributed by atoms with Crippen LogP contribution in [-0.4, -0.2) is 42.9 Å². The van der Waals surface area contributed by atoms with Gasteiger partial charge in [-0.05, 0) is 56.6 Å². The molecule has 2 amide bonds. The second-order valence-corrected chi connectivity index (χ2v) is 7.52. The zero-order valence-corrected chi connectivity index (χ0v) is 16.9. The number of hydrogen-bond acceptors (Lipinski definition) is 4. The van der Waals surface area contributed by atoms with Gasteiger partial charge in [0.05, 0.1) is 9.88 Å². The van der Waals surface area contributed by atoms with Gasteiger partial charge in [0.25, 0.3) is 11.8 Å². The lowest BCUT2D eigenvalue weighted by Crippen LogP contribution is -2.46. The first kappa shape index (κ1) is 21.3. The number of hydrogen-bond donors (Lipinski definition) is 2. The Morgan fingerprint density at radius 1 is 1.30 bits per heavy atom. The van der Waals surface area contributed by atoms with E-state index in [0.717, 1.165) is 24.9 Å². The molecule has 1 aromatic carbocycles. The monoisotopic (exact) mass is 411 g/mol. The average Bonchev–Trinajstić information content (AvgIpc) is 3.01. The normalized spacial score (nSPS) is 16.6. The van der Waals surface area contributed by atoms with Crippen LogP contribution >= 0.6 is 23.7 Å². The van der Waals surface area contributed by atoms with E-state index >= 15 is 0 Å². The van der Waals surface area contributed by atoms with Gasteiger partial charge in [-0.3, -0.25) is 9.59 Å². The molecule has 3 rings (SSSR count). The molecule has 1 unspecified atom stereocenters. The number of amides is 2. The van der Waals surface area contributed by atoms with Gasteiger partial charge in [0, 0.05) is 24.7 Å². The molecule has 0 bridgehead atoms. The van der Waals surface area contributed by atoms with E-state index < -0.39 is 11.7 Å². The summed E-state index contributed by atoms with van der Waals surface area (Å²) in [6.07, 6.45) is 2.05. The number of thiophene rings is 1. The summed E-state index contributed by atoms with van der Waals surface area (Å²) in [6.45, 7) is 3.30. The van der Waals surface area contributed by atoms with Gasteiger partial charge in [-0.15, -0.1) is 23.7 Å². The standard InChI is InChI=1S/C19H22FN3O2S.ClH/c1-12-9-16(22-18(24)13-5-3-6-14(20)10-13)26-17(12)19(25)23-8-4-7-15(11-23)21-2;/h3,5-6,9-10,15,21H,4,7-8,11H2,1-2H3,(H,22,24);1H. The summed E-state index contributed by atoms with van der Waals surface area (Å²) >= 11 is 1.26. The predicted molar refractivity (Wildman–Crippen MR) is 109 cm³/mol. The van der Waals surface area contributed by atoms with Crippen molar-refractivity contribution < 1.29 is 14.0 Å². The van der Waals surface area contributed by atoms with E-state index in [1.165, 1.54) is 29.5 Å². The predicted octanol–water partition coefficient (Wildman–Crippen LogP) is 3.69. The fourth-order valence-electron chi connectivity index (χ4n) is 3.11. The largest absolute Gasteiger partial charge is 0.336 e. The first-order valence-corrected chi connectivity index (χ1v) is 9.43. The first-order valence-electron chi connectivity index (χ1n) is 8.62. The van der Waals surface area contributed by atoms with Crippen molar-refractivity contribution in [2.75, 3.05) is 25.5 Å². The van der Waals surface area contributed by atoms with E-state index in [1.807, 2.05) is 18.9 Å². The molecular formula is C19H23ClFN3O2S. The van der Waals surface area contributed by atoms with E-state index in [-0.39, 0.29) is 23.9 Å². The van der Waals surface area contributed by atoms with Crippen molar-refractivity contribution >= 4 is 40.6 Å². The van der Waals surface area contributed by atoms with Crippen LogP contribution in [-0.2, 0) is 0 Å². The molecule has 2 heterocycles. The lowest BCUT2D eigenvalue weighted by Gasteiger charge is -2.32. The van der Waals surface area contributed by atoms with Crippen LogP contribution in [0.1, 0.15) is 38.4 Å². The van der Waals surface area contributed by atoms with Crippen LogP contribution in [0.25, 0.3) is 0 Å². The van der Waals surface area contributed by atoms with Gasteiger partial charge in [-0.2, -0.15) is 0 Å². The Labute approximate surface area is 168 Å².